The van der Waals surface area contributed by atoms with Crippen molar-refractivity contribution in [1.29, 1.82) is 0 Å². The lowest BCUT2D eigenvalue weighted by molar-refractivity contribution is 0.0702. The molecule has 1 saturated heterocycles. The van der Waals surface area contributed by atoms with Gasteiger partial charge in [0.1, 0.15) is 4.88 Å². The molecule has 1 aliphatic rings. The monoisotopic (exact) mass is 281 g/mol. The lowest BCUT2D eigenvalue weighted by Crippen LogP contribution is -2.25. The summed E-state index contributed by atoms with van der Waals surface area (Å²) in [6.45, 7) is 9.05. The predicted octanol–water partition coefficient (Wildman–Crippen LogP) is 4.10. The fraction of sp³-hybridized carbons (Fsp3) is 0.667. The second kappa shape index (κ2) is 5.53. The standard InChI is InChI=1S/C15H23NO2S/c1-15(2,3)11-5-4-9-16(10-8-11)13-7-6-12(19-13)14(17)18/h6-7,11H,4-5,8-10H2,1-3H3,(H,17,18). The molecule has 1 N–H and O–H groups in total. The number of anilines is 1. The second-order valence-electron chi connectivity index (χ2n) is 6.42. The Labute approximate surface area is 119 Å². The van der Waals surface area contributed by atoms with Gasteiger partial charge in [-0.3, -0.25) is 0 Å². The van der Waals surface area contributed by atoms with Crippen molar-refractivity contribution in [3.05, 3.63) is 17.0 Å². The molecule has 0 aromatic carbocycles. The molecule has 1 fully saturated rings. The van der Waals surface area contributed by atoms with Crippen molar-refractivity contribution in [2.24, 2.45) is 11.3 Å². The summed E-state index contributed by atoms with van der Waals surface area (Å²) < 4.78 is 0. The Kier molecular flexibility index (Phi) is 4.19. The van der Waals surface area contributed by atoms with Crippen LogP contribution in [0.3, 0.4) is 0 Å². The molecule has 19 heavy (non-hydrogen) atoms. The summed E-state index contributed by atoms with van der Waals surface area (Å²) in [7, 11) is 0. The lowest BCUT2D eigenvalue weighted by atomic mass is 9.77. The highest BCUT2D eigenvalue weighted by Gasteiger charge is 2.27. The van der Waals surface area contributed by atoms with Gasteiger partial charge in [-0.1, -0.05) is 20.8 Å². The molecule has 0 aliphatic carbocycles. The highest BCUT2D eigenvalue weighted by molar-refractivity contribution is 7.17. The molecule has 4 heteroatoms. The number of nitrogens with zero attached hydrogens (tertiary/aromatic N) is 1. The first-order chi connectivity index (χ1) is 8.88. The van der Waals surface area contributed by atoms with E-state index < -0.39 is 5.97 Å². The van der Waals surface area contributed by atoms with E-state index in [2.05, 4.69) is 25.7 Å². The van der Waals surface area contributed by atoms with Crippen molar-refractivity contribution < 1.29 is 9.90 Å². The van der Waals surface area contributed by atoms with E-state index in [0.29, 0.717) is 10.3 Å². The third-order valence-corrected chi connectivity index (χ3v) is 5.20. The van der Waals surface area contributed by atoms with Crippen LogP contribution in [0.15, 0.2) is 12.1 Å². The number of carbonyl (C=O) groups is 1. The Balaban J connectivity index is 2.04. The minimum absolute atomic E-state index is 0.373. The van der Waals surface area contributed by atoms with Gasteiger partial charge in [0, 0.05) is 13.1 Å². The zero-order valence-corrected chi connectivity index (χ0v) is 12.8. The maximum atomic E-state index is 10.9. The van der Waals surface area contributed by atoms with Gasteiger partial charge in [-0.2, -0.15) is 0 Å². The molecule has 1 aromatic rings. The molecule has 106 valence electrons. The van der Waals surface area contributed by atoms with Gasteiger partial charge >= 0.3 is 5.97 Å². The normalized spacial score (nSPS) is 21.2. The van der Waals surface area contributed by atoms with E-state index in [-0.39, 0.29) is 0 Å². The third kappa shape index (κ3) is 3.50. The average Bonchev–Trinajstić information content (AvgIpc) is 2.66. The maximum Gasteiger partial charge on any atom is 0.345 e. The van der Waals surface area contributed by atoms with Crippen LogP contribution in [0.4, 0.5) is 5.00 Å². The summed E-state index contributed by atoms with van der Waals surface area (Å²) in [6.07, 6.45) is 3.67. The van der Waals surface area contributed by atoms with Crippen molar-refractivity contribution in [1.82, 2.24) is 0 Å². The van der Waals surface area contributed by atoms with Crippen LogP contribution in [-0.4, -0.2) is 24.2 Å². The van der Waals surface area contributed by atoms with Crippen molar-refractivity contribution >= 4 is 22.3 Å². The topological polar surface area (TPSA) is 40.5 Å². The molecule has 1 unspecified atom stereocenters. The van der Waals surface area contributed by atoms with Gasteiger partial charge in [-0.25, -0.2) is 4.79 Å². The van der Waals surface area contributed by atoms with Crippen molar-refractivity contribution in [3.8, 4) is 0 Å². The SMILES string of the molecule is CC(C)(C)C1CCCN(c2ccc(C(=O)O)s2)CC1. The maximum absolute atomic E-state index is 10.9. The quantitative estimate of drug-likeness (QED) is 0.887. The van der Waals surface area contributed by atoms with Crippen LogP contribution in [0.2, 0.25) is 0 Å². The lowest BCUT2D eigenvalue weighted by Gasteiger charge is -2.29. The predicted molar refractivity (Wildman–Crippen MR) is 80.3 cm³/mol. The van der Waals surface area contributed by atoms with Gasteiger partial charge in [-0.15, -0.1) is 11.3 Å². The molecule has 3 nitrogen and oxygen atoms in total. The van der Waals surface area contributed by atoms with Crippen LogP contribution in [0, 0.1) is 11.3 Å². The number of aromatic carboxylic acids is 1. The number of rotatable bonds is 2. The van der Waals surface area contributed by atoms with E-state index in [0.717, 1.165) is 24.0 Å². The van der Waals surface area contributed by atoms with E-state index in [1.54, 1.807) is 6.07 Å². The molecule has 0 radical (unpaired) electrons. The molecule has 0 spiro atoms. The van der Waals surface area contributed by atoms with E-state index >= 15 is 0 Å². The van der Waals surface area contributed by atoms with Gasteiger partial charge in [0.2, 0.25) is 0 Å². The Hall–Kier alpha value is -1.03. The third-order valence-electron chi connectivity index (χ3n) is 4.07. The Morgan fingerprint density at radius 1 is 1.32 bits per heavy atom. The molecule has 1 aromatic heterocycles. The summed E-state index contributed by atoms with van der Waals surface area (Å²) in [5, 5.41) is 10.1. The van der Waals surface area contributed by atoms with Crippen LogP contribution >= 0.6 is 11.3 Å². The summed E-state index contributed by atoms with van der Waals surface area (Å²) in [5.74, 6) is -0.0601. The van der Waals surface area contributed by atoms with Gasteiger partial charge in [0.25, 0.3) is 0 Å². The fourth-order valence-corrected chi connectivity index (χ4v) is 3.69. The fourth-order valence-electron chi connectivity index (χ4n) is 2.80. The van der Waals surface area contributed by atoms with E-state index in [9.17, 15) is 4.79 Å². The van der Waals surface area contributed by atoms with Crippen molar-refractivity contribution in [2.75, 3.05) is 18.0 Å². The number of thiophene rings is 1. The largest absolute Gasteiger partial charge is 0.477 e. The van der Waals surface area contributed by atoms with E-state index in [1.807, 2.05) is 6.07 Å². The second-order valence-corrected chi connectivity index (χ2v) is 7.49. The summed E-state index contributed by atoms with van der Waals surface area (Å²) in [5.41, 5.74) is 0.373. The molecule has 1 atom stereocenters. The van der Waals surface area contributed by atoms with Crippen LogP contribution in [0.1, 0.15) is 49.7 Å². The first-order valence-corrected chi connectivity index (χ1v) is 7.77. The van der Waals surface area contributed by atoms with Crippen LogP contribution in [0.5, 0.6) is 0 Å². The number of hydrogen-bond donors (Lipinski definition) is 1. The van der Waals surface area contributed by atoms with Crippen LogP contribution < -0.4 is 4.90 Å². The summed E-state index contributed by atoms with van der Waals surface area (Å²) in [6, 6.07) is 3.67. The number of hydrogen-bond acceptors (Lipinski definition) is 3. The smallest absolute Gasteiger partial charge is 0.345 e. The molecule has 0 saturated carbocycles. The van der Waals surface area contributed by atoms with E-state index in [4.69, 9.17) is 5.11 Å². The summed E-state index contributed by atoms with van der Waals surface area (Å²) in [4.78, 5) is 13.7. The van der Waals surface area contributed by atoms with Crippen molar-refractivity contribution in [2.45, 2.75) is 40.0 Å². The van der Waals surface area contributed by atoms with Gasteiger partial charge < -0.3 is 10.0 Å². The van der Waals surface area contributed by atoms with Gasteiger partial charge in [0.05, 0.1) is 5.00 Å². The number of carboxylic acids is 1. The van der Waals surface area contributed by atoms with E-state index in [1.165, 1.54) is 30.6 Å². The zero-order chi connectivity index (χ0) is 14.0. The minimum Gasteiger partial charge on any atom is -0.477 e. The van der Waals surface area contributed by atoms with Crippen LogP contribution in [0.25, 0.3) is 0 Å². The molecule has 0 bridgehead atoms. The molecular formula is C15H23NO2S. The molecule has 2 heterocycles. The van der Waals surface area contributed by atoms with Crippen LogP contribution in [-0.2, 0) is 0 Å². The molecule has 0 amide bonds. The Bertz CT molecular complexity index is 447. The molecule has 2 rings (SSSR count). The average molecular weight is 281 g/mol. The minimum atomic E-state index is -0.821. The summed E-state index contributed by atoms with van der Waals surface area (Å²) >= 11 is 1.39. The van der Waals surface area contributed by atoms with Gasteiger partial charge in [0.15, 0.2) is 0 Å². The Morgan fingerprint density at radius 2 is 2.05 bits per heavy atom. The first-order valence-electron chi connectivity index (χ1n) is 6.96. The zero-order valence-electron chi connectivity index (χ0n) is 12.0. The number of carboxylic acid groups (broad SMARTS) is 1. The van der Waals surface area contributed by atoms with Crippen molar-refractivity contribution in [3.63, 3.8) is 0 Å². The molecular weight excluding hydrogens is 258 g/mol. The molecule has 1 aliphatic heterocycles. The Morgan fingerprint density at radius 3 is 2.63 bits per heavy atom. The highest BCUT2D eigenvalue weighted by Crippen LogP contribution is 2.36. The van der Waals surface area contributed by atoms with Gasteiger partial charge in [-0.05, 0) is 42.7 Å². The first kappa shape index (κ1) is 14.4. The highest BCUT2D eigenvalue weighted by atomic mass is 32.1.